The minimum absolute atomic E-state index is 0.888. The van der Waals surface area contributed by atoms with Crippen molar-refractivity contribution in [1.82, 2.24) is 4.57 Å². The normalized spacial score (nSPS) is 12.5. The highest BCUT2D eigenvalue weighted by atomic mass is 29.6. The molecule has 336 valence electrons. The minimum Gasteiger partial charge on any atom is -0.309 e. The molecule has 1 heterocycles. The van der Waals surface area contributed by atoms with Gasteiger partial charge in [0.1, 0.15) is 22.3 Å². The molecule has 1 nitrogen and oxygen atoms in total. The lowest BCUT2D eigenvalue weighted by atomic mass is 10.1. The molecule has 13 rings (SSSR count). The van der Waals surface area contributed by atoms with Gasteiger partial charge in [0.15, 0.2) is 0 Å². The lowest BCUT2D eigenvalue weighted by Gasteiger charge is -2.59. The molecule has 0 bridgehead atoms. The van der Waals surface area contributed by atoms with E-state index >= 15 is 0 Å². The summed E-state index contributed by atoms with van der Waals surface area (Å²) in [7, 11) is -10.8. The lowest BCUT2D eigenvalue weighted by Crippen LogP contribution is -3.04. The number of nitrogens with zero attached hydrogens (tertiary/aromatic N) is 1. The molecular formula is C67H51NSi3. The molecule has 0 spiro atoms. The minimum atomic E-state index is -3.64. The van der Waals surface area contributed by atoms with E-state index in [0.29, 0.717) is 0 Å². The quantitative estimate of drug-likeness (QED) is 0.0900. The van der Waals surface area contributed by atoms with Gasteiger partial charge in [-0.15, -0.1) is 0 Å². The number of rotatable bonds is 11. The van der Waals surface area contributed by atoms with Gasteiger partial charge in [0.05, 0.1) is 11.0 Å². The first-order chi connectivity index (χ1) is 35.3. The summed E-state index contributed by atoms with van der Waals surface area (Å²) < 4.78 is 2.53. The van der Waals surface area contributed by atoms with E-state index in [4.69, 9.17) is 0 Å². The Balaban J connectivity index is 1.32. The van der Waals surface area contributed by atoms with Crippen LogP contribution in [-0.2, 0) is 6.42 Å². The maximum atomic E-state index is 2.64. The molecule has 11 aromatic carbocycles. The number of fused-ring (bicyclic) bond motifs is 6. The largest absolute Gasteiger partial charge is 0.309 e. The fraction of sp³-hybridized carbons (Fsp3) is 0.0149. The van der Waals surface area contributed by atoms with Gasteiger partial charge in [0, 0.05) is 16.5 Å². The molecule has 1 aliphatic carbocycles. The molecule has 0 fully saturated rings. The van der Waals surface area contributed by atoms with Crippen LogP contribution in [0.25, 0.3) is 38.6 Å². The van der Waals surface area contributed by atoms with Crippen molar-refractivity contribution in [2.75, 3.05) is 0 Å². The Morgan fingerprint density at radius 1 is 0.282 bits per heavy atom. The second kappa shape index (κ2) is 17.7. The third-order valence-corrected chi connectivity index (χ3v) is 49.7. The summed E-state index contributed by atoms with van der Waals surface area (Å²) in [6, 6.07) is 116. The molecule has 0 amide bonds. The molecule has 0 saturated carbocycles. The number of hydrogen-bond acceptors (Lipinski definition) is 0. The van der Waals surface area contributed by atoms with E-state index in [-0.39, 0.29) is 0 Å². The highest BCUT2D eigenvalue weighted by Crippen LogP contribution is 2.40. The van der Waals surface area contributed by atoms with Crippen molar-refractivity contribution in [2.45, 2.75) is 6.42 Å². The van der Waals surface area contributed by atoms with Gasteiger partial charge in [0.25, 0.3) is 0 Å². The van der Waals surface area contributed by atoms with Gasteiger partial charge < -0.3 is 4.57 Å². The van der Waals surface area contributed by atoms with Gasteiger partial charge in [-0.25, -0.2) is 0 Å². The lowest BCUT2D eigenvalue weighted by molar-refractivity contribution is 1.18. The summed E-state index contributed by atoms with van der Waals surface area (Å²) in [5.74, 6) is 0. The molecule has 0 N–H and O–H groups in total. The zero-order valence-corrected chi connectivity index (χ0v) is 42.4. The van der Waals surface area contributed by atoms with Crippen LogP contribution in [0.3, 0.4) is 0 Å². The van der Waals surface area contributed by atoms with Crippen LogP contribution in [0.4, 0.5) is 0 Å². The summed E-state index contributed by atoms with van der Waals surface area (Å²) >= 11 is 0. The first kappa shape index (κ1) is 42.9. The van der Waals surface area contributed by atoms with E-state index in [1.165, 1.54) is 91.2 Å². The molecule has 12 aromatic rings. The van der Waals surface area contributed by atoms with Crippen molar-refractivity contribution in [3.63, 3.8) is 0 Å². The smallest absolute Gasteiger partial charge is 0.148 e. The second-order valence-electron chi connectivity index (χ2n) is 19.0. The van der Waals surface area contributed by atoms with Crippen LogP contribution in [0.1, 0.15) is 11.1 Å². The topological polar surface area (TPSA) is 4.93 Å². The van der Waals surface area contributed by atoms with Crippen molar-refractivity contribution in [2.24, 2.45) is 0 Å². The van der Waals surface area contributed by atoms with Gasteiger partial charge in [-0.1, -0.05) is 304 Å². The summed E-state index contributed by atoms with van der Waals surface area (Å²) in [5.41, 5.74) is 9.20. The standard InChI is InChI=1S/C67H51NSi3/c1-7-29-53(30-8-1)69(54-31-9-2-10-32-54,59-41-25-28-52(50-59)68-65-46-23-21-43-62(65)63-44-22-24-47-66(63)68)71(57-37-15-5-16-38-57,58-39-17-6-18-40-58)70(55-33-11-3-12-34-55,56-35-13-4-14-36-56)67-48-26-45-61-60-42-20-19-27-51(60)49-64(61)67/h1-48,50H,49H2. The SMILES string of the molecule is c1ccc([Si](c2ccccc2)(c2cccc(-n3c4ccccc4c4ccccc43)c2)[Si](c2ccccc2)(c2ccccc2)[Si](c2ccccc2)(c2ccccc2)c2cccc3c2Cc2ccccc2-3)cc1. The van der Waals surface area contributed by atoms with Gasteiger partial charge in [-0.05, 0) is 63.3 Å². The first-order valence-electron chi connectivity index (χ1n) is 24.9. The molecule has 1 aromatic heterocycles. The fourth-order valence-electron chi connectivity index (χ4n) is 13.3. The third-order valence-electron chi connectivity index (χ3n) is 15.7. The number of para-hydroxylation sites is 2. The first-order valence-corrected chi connectivity index (χ1v) is 32.9. The third kappa shape index (κ3) is 6.35. The molecule has 0 aliphatic heterocycles. The Labute approximate surface area is 419 Å². The fourth-order valence-corrected chi connectivity index (χ4v) is 58.9. The van der Waals surface area contributed by atoms with E-state index in [9.17, 15) is 0 Å². The van der Waals surface area contributed by atoms with E-state index in [2.05, 4.69) is 302 Å². The van der Waals surface area contributed by atoms with Crippen LogP contribution >= 0.6 is 0 Å². The molecule has 0 atom stereocenters. The highest BCUT2D eigenvalue weighted by molar-refractivity contribution is 7.89. The van der Waals surface area contributed by atoms with Crippen molar-refractivity contribution in [3.8, 4) is 16.8 Å². The molecule has 4 heteroatoms. The Bertz CT molecular complexity index is 3670. The average molecular weight is 954 g/mol. The molecule has 71 heavy (non-hydrogen) atoms. The Morgan fingerprint density at radius 3 is 1.17 bits per heavy atom. The maximum Gasteiger partial charge on any atom is 0.148 e. The van der Waals surface area contributed by atoms with Crippen LogP contribution in [0.2, 0.25) is 0 Å². The van der Waals surface area contributed by atoms with Gasteiger partial charge in [-0.3, -0.25) is 0 Å². The van der Waals surface area contributed by atoms with Crippen molar-refractivity contribution in [3.05, 3.63) is 308 Å². The van der Waals surface area contributed by atoms with Crippen LogP contribution in [-0.4, -0.2) is 26.9 Å². The molecule has 0 radical (unpaired) electrons. The van der Waals surface area contributed by atoms with Crippen LogP contribution in [0, 0.1) is 0 Å². The van der Waals surface area contributed by atoms with Crippen LogP contribution in [0.15, 0.2) is 297 Å². The maximum absolute atomic E-state index is 3.64. The zero-order chi connectivity index (χ0) is 47.2. The van der Waals surface area contributed by atoms with Crippen molar-refractivity contribution in [1.29, 1.82) is 0 Å². The highest BCUT2D eigenvalue weighted by Gasteiger charge is 2.73. The Morgan fingerprint density at radius 2 is 0.662 bits per heavy atom. The van der Waals surface area contributed by atoms with E-state index in [0.717, 1.165) is 6.42 Å². The van der Waals surface area contributed by atoms with E-state index in [1.54, 1.807) is 0 Å². The summed E-state index contributed by atoms with van der Waals surface area (Å²) in [5, 5.41) is 14.1. The van der Waals surface area contributed by atoms with Gasteiger partial charge >= 0.3 is 0 Å². The van der Waals surface area contributed by atoms with Crippen molar-refractivity contribution < 1.29 is 0 Å². The van der Waals surface area contributed by atoms with E-state index in [1.807, 2.05) is 0 Å². The number of benzene rings is 11. The summed E-state index contributed by atoms with van der Waals surface area (Å²) in [6.45, 7) is 0. The molecular weight excluding hydrogens is 903 g/mol. The Kier molecular flexibility index (Phi) is 10.7. The molecule has 0 saturated heterocycles. The summed E-state index contributed by atoms with van der Waals surface area (Å²) in [6.07, 6.45) is 0.888. The summed E-state index contributed by atoms with van der Waals surface area (Å²) in [4.78, 5) is 0. The van der Waals surface area contributed by atoms with Crippen LogP contribution < -0.4 is 41.5 Å². The van der Waals surface area contributed by atoms with Crippen molar-refractivity contribution >= 4 is 85.6 Å². The molecule has 0 unspecified atom stereocenters. The zero-order valence-electron chi connectivity index (χ0n) is 39.4. The second-order valence-corrected chi connectivity index (χ2v) is 38.6. The average Bonchev–Trinajstić information content (AvgIpc) is 4.01. The van der Waals surface area contributed by atoms with Gasteiger partial charge in [-0.2, -0.15) is 0 Å². The number of hydrogen-bond donors (Lipinski definition) is 0. The number of aromatic nitrogens is 1. The van der Waals surface area contributed by atoms with Gasteiger partial charge in [0.2, 0.25) is 0 Å². The monoisotopic (exact) mass is 953 g/mol. The predicted molar refractivity (Wildman–Crippen MR) is 308 cm³/mol. The Hall–Kier alpha value is -8.13. The van der Waals surface area contributed by atoms with Crippen LogP contribution in [0.5, 0.6) is 0 Å². The van der Waals surface area contributed by atoms with E-state index < -0.39 is 22.3 Å². The molecule has 1 aliphatic rings. The predicted octanol–water partition coefficient (Wildman–Crippen LogP) is 10.4.